The molecule has 0 fully saturated rings. The number of rotatable bonds is 10. The predicted molar refractivity (Wildman–Crippen MR) is 133 cm³/mol. The van der Waals surface area contributed by atoms with Gasteiger partial charge in [-0.15, -0.1) is 0 Å². The summed E-state index contributed by atoms with van der Waals surface area (Å²) in [5.74, 6) is 2.00. The first kappa shape index (κ1) is 25.2. The van der Waals surface area contributed by atoms with Crippen LogP contribution in [0.15, 0.2) is 36.9 Å². The number of aliphatic carboxylic acids is 1. The fraction of sp³-hybridized carbons (Fsp3) is 0.393. The molecule has 1 aliphatic heterocycles. The van der Waals surface area contributed by atoms with Crippen LogP contribution in [0.2, 0.25) is 0 Å². The molecule has 0 aliphatic carbocycles. The van der Waals surface area contributed by atoms with Crippen LogP contribution in [0.1, 0.15) is 48.1 Å². The summed E-state index contributed by atoms with van der Waals surface area (Å²) in [4.78, 5) is 10.8. The summed E-state index contributed by atoms with van der Waals surface area (Å²) in [6.45, 7) is 15.2. The molecule has 2 aromatic carbocycles. The Kier molecular flexibility index (Phi) is 7.92. The maximum Gasteiger partial charge on any atom is 0.328 e. The number of hydrogen-bond acceptors (Lipinski definition) is 5. The number of hydrogen-bond donors (Lipinski definition) is 1. The first-order valence-electron chi connectivity index (χ1n) is 11.5. The second-order valence-electron chi connectivity index (χ2n) is 8.76. The van der Waals surface area contributed by atoms with Crippen molar-refractivity contribution in [2.75, 3.05) is 19.8 Å². The van der Waals surface area contributed by atoms with Crippen molar-refractivity contribution >= 4 is 12.0 Å². The lowest BCUT2D eigenvalue weighted by Gasteiger charge is -2.38. The maximum absolute atomic E-state index is 10.8. The van der Waals surface area contributed by atoms with E-state index in [0.717, 1.165) is 52.7 Å². The van der Waals surface area contributed by atoms with Crippen molar-refractivity contribution < 1.29 is 28.8 Å². The van der Waals surface area contributed by atoms with Crippen LogP contribution in [0.5, 0.6) is 23.0 Å². The van der Waals surface area contributed by atoms with E-state index in [-0.39, 0.29) is 0 Å². The Bertz CT molecular complexity index is 1100. The van der Waals surface area contributed by atoms with E-state index in [1.807, 2.05) is 6.92 Å². The molecular weight excluding hydrogens is 432 g/mol. The Balaban J connectivity index is 1.81. The minimum Gasteiger partial charge on any atom is -0.490 e. The van der Waals surface area contributed by atoms with E-state index < -0.39 is 11.6 Å². The summed E-state index contributed by atoms with van der Waals surface area (Å²) in [6, 6.07) is 5.38. The van der Waals surface area contributed by atoms with Crippen LogP contribution >= 0.6 is 0 Å². The Hall–Kier alpha value is -3.41. The summed E-state index contributed by atoms with van der Waals surface area (Å²) in [5, 5.41) is 8.87. The summed E-state index contributed by atoms with van der Waals surface area (Å²) >= 11 is 0. The molecule has 182 valence electrons. The van der Waals surface area contributed by atoms with Gasteiger partial charge in [-0.25, -0.2) is 4.79 Å². The third kappa shape index (κ3) is 5.56. The minimum atomic E-state index is -0.999. The normalized spacial score (nSPS) is 17.1. The van der Waals surface area contributed by atoms with Crippen LogP contribution in [0, 0.1) is 20.8 Å². The average molecular weight is 467 g/mol. The van der Waals surface area contributed by atoms with Gasteiger partial charge >= 0.3 is 5.97 Å². The zero-order valence-corrected chi connectivity index (χ0v) is 20.7. The van der Waals surface area contributed by atoms with E-state index in [1.54, 1.807) is 24.3 Å². The molecule has 2 aromatic rings. The lowest BCUT2D eigenvalue weighted by atomic mass is 9.87. The Morgan fingerprint density at radius 2 is 1.91 bits per heavy atom. The quantitative estimate of drug-likeness (QED) is 0.350. The van der Waals surface area contributed by atoms with Crippen LogP contribution in [-0.4, -0.2) is 36.5 Å². The van der Waals surface area contributed by atoms with Gasteiger partial charge in [0.15, 0.2) is 11.5 Å². The van der Waals surface area contributed by atoms with Crippen LogP contribution in [0.3, 0.4) is 0 Å². The average Bonchev–Trinajstić information content (AvgIpc) is 2.81. The van der Waals surface area contributed by atoms with Gasteiger partial charge in [0, 0.05) is 11.6 Å². The lowest BCUT2D eigenvalue weighted by Crippen LogP contribution is -2.42. The van der Waals surface area contributed by atoms with Gasteiger partial charge < -0.3 is 24.1 Å². The van der Waals surface area contributed by atoms with Gasteiger partial charge in [0.2, 0.25) is 0 Å². The van der Waals surface area contributed by atoms with Gasteiger partial charge in [0.1, 0.15) is 30.3 Å². The molecule has 6 nitrogen and oxygen atoms in total. The number of carboxylic acids is 1. The molecule has 1 aliphatic rings. The zero-order chi connectivity index (χ0) is 24.9. The van der Waals surface area contributed by atoms with Crippen LogP contribution in [0.25, 0.3) is 6.08 Å². The highest BCUT2D eigenvalue weighted by Crippen LogP contribution is 2.44. The second-order valence-corrected chi connectivity index (χ2v) is 8.76. The molecule has 3 rings (SSSR count). The summed E-state index contributed by atoms with van der Waals surface area (Å²) in [7, 11) is 0. The van der Waals surface area contributed by atoms with Crippen molar-refractivity contribution in [3.8, 4) is 23.0 Å². The summed E-state index contributed by atoms with van der Waals surface area (Å²) in [6.07, 6.45) is 6.04. The van der Waals surface area contributed by atoms with Crippen molar-refractivity contribution in [3.63, 3.8) is 0 Å². The Labute approximate surface area is 201 Å². The molecule has 0 saturated carbocycles. The number of benzene rings is 2. The highest BCUT2D eigenvalue weighted by atomic mass is 16.6. The molecule has 1 unspecified atom stereocenters. The molecule has 0 bridgehead atoms. The molecule has 1 heterocycles. The van der Waals surface area contributed by atoms with Gasteiger partial charge in [-0.1, -0.05) is 18.7 Å². The third-order valence-corrected chi connectivity index (χ3v) is 6.13. The van der Waals surface area contributed by atoms with Crippen molar-refractivity contribution in [3.05, 3.63) is 64.7 Å². The molecular formula is C28H34O6. The van der Waals surface area contributed by atoms with E-state index in [9.17, 15) is 4.79 Å². The van der Waals surface area contributed by atoms with Crippen molar-refractivity contribution in [1.29, 1.82) is 0 Å². The highest BCUT2D eigenvalue weighted by Gasteiger charge is 2.36. The fourth-order valence-corrected chi connectivity index (χ4v) is 4.16. The largest absolute Gasteiger partial charge is 0.490 e. The van der Waals surface area contributed by atoms with E-state index in [4.69, 9.17) is 24.1 Å². The van der Waals surface area contributed by atoms with Gasteiger partial charge in [-0.2, -0.15) is 0 Å². The Morgan fingerprint density at radius 3 is 2.59 bits per heavy atom. The first-order valence-corrected chi connectivity index (χ1v) is 11.5. The molecule has 1 atom stereocenters. The van der Waals surface area contributed by atoms with Gasteiger partial charge in [0.05, 0.1) is 6.61 Å². The molecule has 0 spiro atoms. The Morgan fingerprint density at radius 1 is 1.15 bits per heavy atom. The molecule has 34 heavy (non-hydrogen) atoms. The van der Waals surface area contributed by atoms with Crippen molar-refractivity contribution in [2.24, 2.45) is 0 Å². The molecule has 0 amide bonds. The van der Waals surface area contributed by atoms with E-state index in [2.05, 4.69) is 34.3 Å². The monoisotopic (exact) mass is 466 g/mol. The lowest BCUT2D eigenvalue weighted by molar-refractivity contribution is -0.131. The first-order chi connectivity index (χ1) is 16.2. The number of carbonyl (C=O) groups is 1. The van der Waals surface area contributed by atoms with E-state index in [0.29, 0.717) is 31.3 Å². The van der Waals surface area contributed by atoms with Crippen LogP contribution in [0.4, 0.5) is 0 Å². The molecule has 0 aromatic heterocycles. The number of fused-ring (bicyclic) bond motifs is 1. The standard InChI is InChI=1S/C28H34O6/c1-7-15-32-26-18(3)19(4)27-22(20(26)5)13-14-28(6,34-27)17-33-23-11-9-21(10-12-25(29)30)16-24(23)31-8-2/h7,9-12,16H,1,8,13-15,17H2,2-6H3,(H,29,30)/b12-10+. The van der Waals surface area contributed by atoms with Gasteiger partial charge in [-0.05, 0) is 87.9 Å². The highest BCUT2D eigenvalue weighted by molar-refractivity contribution is 5.85. The van der Waals surface area contributed by atoms with Crippen LogP contribution < -0.4 is 18.9 Å². The zero-order valence-electron chi connectivity index (χ0n) is 20.7. The minimum absolute atomic E-state index is 0.350. The number of carboxylic acid groups (broad SMARTS) is 1. The van der Waals surface area contributed by atoms with Crippen LogP contribution in [-0.2, 0) is 11.2 Å². The van der Waals surface area contributed by atoms with E-state index >= 15 is 0 Å². The number of ether oxygens (including phenoxy) is 4. The molecule has 0 radical (unpaired) electrons. The van der Waals surface area contributed by atoms with Gasteiger partial charge in [0.25, 0.3) is 0 Å². The smallest absolute Gasteiger partial charge is 0.328 e. The SMILES string of the molecule is C=CCOc1c(C)c(C)c2c(c1C)CCC(C)(COc1ccc(/C=C/C(=O)O)cc1OCC)O2. The third-order valence-electron chi connectivity index (χ3n) is 6.13. The van der Waals surface area contributed by atoms with Crippen molar-refractivity contribution in [2.45, 2.75) is 53.1 Å². The second kappa shape index (κ2) is 10.7. The molecule has 6 heteroatoms. The van der Waals surface area contributed by atoms with Crippen molar-refractivity contribution in [1.82, 2.24) is 0 Å². The fourth-order valence-electron chi connectivity index (χ4n) is 4.16. The topological polar surface area (TPSA) is 74.2 Å². The predicted octanol–water partition coefficient (Wildman–Crippen LogP) is 5.84. The molecule has 1 N–H and O–H groups in total. The van der Waals surface area contributed by atoms with Gasteiger partial charge in [-0.3, -0.25) is 0 Å². The summed E-state index contributed by atoms with van der Waals surface area (Å²) in [5.41, 5.74) is 4.67. The summed E-state index contributed by atoms with van der Waals surface area (Å²) < 4.78 is 24.4. The maximum atomic E-state index is 10.8. The van der Waals surface area contributed by atoms with E-state index in [1.165, 1.54) is 11.6 Å². The molecule has 0 saturated heterocycles.